The van der Waals surface area contributed by atoms with Gasteiger partial charge in [0.1, 0.15) is 0 Å². The minimum absolute atomic E-state index is 0.0478. The van der Waals surface area contributed by atoms with Crippen molar-refractivity contribution in [1.29, 1.82) is 0 Å². The predicted molar refractivity (Wildman–Crippen MR) is 95.9 cm³/mol. The normalized spacial score (nSPS) is 24.2. The largest absolute Gasteiger partial charge is 0.376 e. The highest BCUT2D eigenvalue weighted by Gasteiger charge is 2.39. The molecule has 2 aliphatic rings. The van der Waals surface area contributed by atoms with Crippen LogP contribution in [-0.4, -0.2) is 4.92 Å². The Balaban J connectivity index is 1.82. The van der Waals surface area contributed by atoms with Crippen LogP contribution in [0.1, 0.15) is 29.5 Å². The van der Waals surface area contributed by atoms with E-state index in [1.54, 1.807) is 12.1 Å². The van der Waals surface area contributed by atoms with Gasteiger partial charge in [-0.1, -0.05) is 53.6 Å². The van der Waals surface area contributed by atoms with E-state index in [1.807, 2.05) is 18.2 Å². The lowest BCUT2D eigenvalue weighted by Gasteiger charge is -2.38. The first-order valence-electron chi connectivity index (χ1n) is 7.71. The van der Waals surface area contributed by atoms with Gasteiger partial charge in [0.15, 0.2) is 0 Å². The Morgan fingerprint density at radius 3 is 2.83 bits per heavy atom. The quantitative estimate of drug-likeness (QED) is 0.422. The van der Waals surface area contributed by atoms with Crippen molar-refractivity contribution in [3.63, 3.8) is 0 Å². The molecule has 2 aromatic rings. The van der Waals surface area contributed by atoms with Gasteiger partial charge in [-0.3, -0.25) is 10.1 Å². The molecular formula is C18H14Cl2N2O2. The number of fused-ring (bicyclic) bond motifs is 3. The van der Waals surface area contributed by atoms with Gasteiger partial charge in [-0.25, -0.2) is 0 Å². The van der Waals surface area contributed by atoms with Gasteiger partial charge in [0.05, 0.1) is 26.7 Å². The molecule has 24 heavy (non-hydrogen) atoms. The highest BCUT2D eigenvalue weighted by atomic mass is 35.5. The van der Waals surface area contributed by atoms with Crippen LogP contribution in [0.4, 0.5) is 11.4 Å². The van der Waals surface area contributed by atoms with E-state index in [-0.39, 0.29) is 22.6 Å². The molecule has 0 aromatic heterocycles. The summed E-state index contributed by atoms with van der Waals surface area (Å²) in [7, 11) is 0. The van der Waals surface area contributed by atoms with Crippen molar-refractivity contribution in [3.05, 3.63) is 79.8 Å². The van der Waals surface area contributed by atoms with Crippen LogP contribution < -0.4 is 5.32 Å². The zero-order chi connectivity index (χ0) is 16.8. The molecule has 1 heterocycles. The maximum absolute atomic E-state index is 11.1. The lowest BCUT2D eigenvalue weighted by atomic mass is 9.77. The van der Waals surface area contributed by atoms with Crippen LogP contribution in [0.2, 0.25) is 10.0 Å². The van der Waals surface area contributed by atoms with Crippen LogP contribution in [0.15, 0.2) is 48.6 Å². The molecule has 122 valence electrons. The molecule has 1 aliphatic carbocycles. The van der Waals surface area contributed by atoms with Crippen LogP contribution in [0.25, 0.3) is 0 Å². The second-order valence-corrected chi connectivity index (χ2v) is 6.94. The maximum Gasteiger partial charge on any atom is 0.269 e. The third kappa shape index (κ3) is 2.38. The van der Waals surface area contributed by atoms with Crippen LogP contribution in [-0.2, 0) is 0 Å². The van der Waals surface area contributed by atoms with Crippen molar-refractivity contribution in [2.45, 2.75) is 18.4 Å². The first-order valence-corrected chi connectivity index (χ1v) is 8.47. The van der Waals surface area contributed by atoms with Crippen molar-refractivity contribution in [1.82, 2.24) is 0 Å². The Morgan fingerprint density at radius 2 is 2.04 bits per heavy atom. The van der Waals surface area contributed by atoms with E-state index in [2.05, 4.69) is 17.5 Å². The van der Waals surface area contributed by atoms with Crippen molar-refractivity contribution in [3.8, 4) is 0 Å². The summed E-state index contributed by atoms with van der Waals surface area (Å²) in [5.74, 6) is 0.539. The summed E-state index contributed by atoms with van der Waals surface area (Å²) in [6.45, 7) is 0. The monoisotopic (exact) mass is 360 g/mol. The number of hydrogen-bond donors (Lipinski definition) is 1. The Kier molecular flexibility index (Phi) is 3.74. The standard InChI is InChI=1S/C18H14Cl2N2O2/c19-15-8-7-14-12-5-2-6-13(12)17(21-18(14)16(15)20)10-3-1-4-11(9-10)22(23)24/h1-5,7-9,12-13,17,21H,6H2/t12-,13+,17-/m0/s1. The Labute approximate surface area is 149 Å². The zero-order valence-electron chi connectivity index (χ0n) is 12.6. The summed E-state index contributed by atoms with van der Waals surface area (Å²) in [6.07, 6.45) is 5.28. The van der Waals surface area contributed by atoms with E-state index >= 15 is 0 Å². The highest BCUT2D eigenvalue weighted by molar-refractivity contribution is 6.43. The fourth-order valence-corrected chi connectivity index (χ4v) is 4.15. The average molecular weight is 361 g/mol. The van der Waals surface area contributed by atoms with E-state index in [9.17, 15) is 10.1 Å². The molecule has 1 aliphatic heterocycles. The lowest BCUT2D eigenvalue weighted by Crippen LogP contribution is -2.29. The molecule has 1 N–H and O–H groups in total. The molecule has 0 amide bonds. The third-order valence-electron chi connectivity index (χ3n) is 4.87. The van der Waals surface area contributed by atoms with Gasteiger partial charge in [-0.2, -0.15) is 0 Å². The molecule has 0 saturated heterocycles. The van der Waals surface area contributed by atoms with Crippen LogP contribution in [0, 0.1) is 16.0 Å². The van der Waals surface area contributed by atoms with Gasteiger partial charge in [0, 0.05) is 18.1 Å². The number of nitrogens with one attached hydrogen (secondary N) is 1. The molecule has 0 saturated carbocycles. The molecular weight excluding hydrogens is 347 g/mol. The van der Waals surface area contributed by atoms with Crippen molar-refractivity contribution in [2.24, 2.45) is 5.92 Å². The lowest BCUT2D eigenvalue weighted by molar-refractivity contribution is -0.384. The SMILES string of the molecule is O=[N+]([O-])c1cccc([C@@H]2Nc3c(ccc(Cl)c3Cl)[C@H]3C=CC[C@H]32)c1. The number of hydrogen-bond acceptors (Lipinski definition) is 3. The molecule has 0 bridgehead atoms. The number of anilines is 1. The van der Waals surface area contributed by atoms with E-state index in [4.69, 9.17) is 23.2 Å². The summed E-state index contributed by atoms with van der Waals surface area (Å²) in [5, 5.41) is 15.6. The first-order chi connectivity index (χ1) is 11.6. The van der Waals surface area contributed by atoms with Gasteiger partial charge >= 0.3 is 0 Å². The fourth-order valence-electron chi connectivity index (χ4n) is 3.76. The number of rotatable bonds is 2. The minimum Gasteiger partial charge on any atom is -0.376 e. The van der Waals surface area contributed by atoms with Crippen LogP contribution >= 0.6 is 23.2 Å². The zero-order valence-corrected chi connectivity index (χ0v) is 14.1. The molecule has 0 spiro atoms. The molecule has 3 atom stereocenters. The summed E-state index contributed by atoms with van der Waals surface area (Å²) in [4.78, 5) is 10.7. The average Bonchev–Trinajstić information content (AvgIpc) is 3.07. The Hall–Kier alpha value is -2.04. The smallest absolute Gasteiger partial charge is 0.269 e. The van der Waals surface area contributed by atoms with Gasteiger partial charge in [-0.05, 0) is 29.5 Å². The number of non-ortho nitro benzene ring substituents is 1. The first kappa shape index (κ1) is 15.5. The summed E-state index contributed by atoms with van der Waals surface area (Å²) >= 11 is 12.6. The number of allylic oxidation sites excluding steroid dienone is 2. The summed E-state index contributed by atoms with van der Waals surface area (Å²) in [5.41, 5.74) is 2.95. The molecule has 4 nitrogen and oxygen atoms in total. The fraction of sp³-hybridized carbons (Fsp3) is 0.222. The van der Waals surface area contributed by atoms with Crippen molar-refractivity contribution < 1.29 is 4.92 Å². The van der Waals surface area contributed by atoms with Crippen LogP contribution in [0.3, 0.4) is 0 Å². The molecule has 4 rings (SSSR count). The van der Waals surface area contributed by atoms with Gasteiger partial charge in [0.2, 0.25) is 0 Å². The summed E-state index contributed by atoms with van der Waals surface area (Å²) < 4.78 is 0. The second kappa shape index (κ2) is 5.80. The van der Waals surface area contributed by atoms with Gasteiger partial charge < -0.3 is 5.32 Å². The predicted octanol–water partition coefficient (Wildman–Crippen LogP) is 5.73. The van der Waals surface area contributed by atoms with E-state index in [0.717, 1.165) is 23.2 Å². The minimum atomic E-state index is -0.367. The van der Waals surface area contributed by atoms with Gasteiger partial charge in [0.25, 0.3) is 5.69 Å². The highest BCUT2D eigenvalue weighted by Crippen LogP contribution is 2.52. The molecule has 2 aromatic carbocycles. The van der Waals surface area contributed by atoms with E-state index < -0.39 is 0 Å². The van der Waals surface area contributed by atoms with E-state index in [1.165, 1.54) is 6.07 Å². The molecule has 0 fully saturated rings. The maximum atomic E-state index is 11.1. The van der Waals surface area contributed by atoms with Crippen molar-refractivity contribution in [2.75, 3.05) is 5.32 Å². The summed E-state index contributed by atoms with van der Waals surface area (Å²) in [6, 6.07) is 10.6. The number of halogens is 2. The number of nitrogens with zero attached hydrogens (tertiary/aromatic N) is 1. The number of nitro groups is 1. The van der Waals surface area contributed by atoms with Gasteiger partial charge in [-0.15, -0.1) is 0 Å². The topological polar surface area (TPSA) is 55.2 Å². The Morgan fingerprint density at radius 1 is 1.21 bits per heavy atom. The third-order valence-corrected chi connectivity index (χ3v) is 5.67. The van der Waals surface area contributed by atoms with E-state index in [0.29, 0.717) is 16.0 Å². The van der Waals surface area contributed by atoms with Crippen LogP contribution in [0.5, 0.6) is 0 Å². The number of nitro benzene ring substituents is 1. The second-order valence-electron chi connectivity index (χ2n) is 6.15. The molecule has 0 radical (unpaired) electrons. The Bertz CT molecular complexity index is 866. The number of benzene rings is 2. The molecule has 0 unspecified atom stereocenters. The molecule has 6 heteroatoms. The van der Waals surface area contributed by atoms with Crippen molar-refractivity contribution >= 4 is 34.6 Å².